The Morgan fingerprint density at radius 3 is 3.00 bits per heavy atom. The van der Waals surface area contributed by atoms with Crippen LogP contribution >= 0.6 is 0 Å². The Kier molecular flexibility index (Phi) is 2.33. The van der Waals surface area contributed by atoms with Gasteiger partial charge >= 0.3 is 0 Å². The van der Waals surface area contributed by atoms with E-state index in [9.17, 15) is 0 Å². The first kappa shape index (κ1) is 9.69. The van der Waals surface area contributed by atoms with Gasteiger partial charge in [-0.2, -0.15) is 0 Å². The smallest absolute Gasteiger partial charge is 0.0443 e. The third-order valence-electron chi connectivity index (χ3n) is 3.19. The van der Waals surface area contributed by atoms with Crippen LogP contribution in [-0.2, 0) is 5.54 Å². The molecular formula is C12H17NO. The standard InChI is InChI=1S/C12H17NO/c1-9-3-2-4-10(7-9)12(13)8-11(12)5-6-14/h2-4,7,11,14H,5-6,8,13H2,1H3/t11-,12-/m1/s1. The first-order valence-electron chi connectivity index (χ1n) is 5.13. The fourth-order valence-corrected chi connectivity index (χ4v) is 2.15. The van der Waals surface area contributed by atoms with Crippen molar-refractivity contribution < 1.29 is 5.11 Å². The molecule has 0 amide bonds. The van der Waals surface area contributed by atoms with Crippen LogP contribution in [0, 0.1) is 12.8 Å². The van der Waals surface area contributed by atoms with Gasteiger partial charge in [-0.15, -0.1) is 0 Å². The van der Waals surface area contributed by atoms with Crippen molar-refractivity contribution in [2.24, 2.45) is 11.7 Å². The third kappa shape index (κ3) is 1.56. The van der Waals surface area contributed by atoms with Crippen molar-refractivity contribution in [1.82, 2.24) is 0 Å². The summed E-state index contributed by atoms with van der Waals surface area (Å²) in [6, 6.07) is 8.37. The van der Waals surface area contributed by atoms with E-state index >= 15 is 0 Å². The molecule has 2 rings (SSSR count). The molecular weight excluding hydrogens is 174 g/mol. The van der Waals surface area contributed by atoms with E-state index in [1.807, 2.05) is 6.07 Å². The zero-order chi connectivity index (χ0) is 10.2. The number of benzene rings is 1. The lowest BCUT2D eigenvalue weighted by atomic mass is 10.0. The number of nitrogens with two attached hydrogens (primary N) is 1. The van der Waals surface area contributed by atoms with Crippen LogP contribution in [0.1, 0.15) is 24.0 Å². The van der Waals surface area contributed by atoms with Gasteiger partial charge in [0.25, 0.3) is 0 Å². The molecule has 1 saturated carbocycles. The molecule has 14 heavy (non-hydrogen) atoms. The van der Waals surface area contributed by atoms with E-state index < -0.39 is 0 Å². The maximum absolute atomic E-state index is 8.85. The van der Waals surface area contributed by atoms with Gasteiger partial charge in [0.1, 0.15) is 0 Å². The normalized spacial score (nSPS) is 30.4. The molecule has 3 N–H and O–H groups in total. The summed E-state index contributed by atoms with van der Waals surface area (Å²) in [4.78, 5) is 0. The van der Waals surface area contributed by atoms with Gasteiger partial charge < -0.3 is 10.8 Å². The highest BCUT2D eigenvalue weighted by Crippen LogP contribution is 2.51. The van der Waals surface area contributed by atoms with Gasteiger partial charge in [-0.25, -0.2) is 0 Å². The first-order valence-corrected chi connectivity index (χ1v) is 5.13. The summed E-state index contributed by atoms with van der Waals surface area (Å²) in [5.74, 6) is 0.467. The van der Waals surface area contributed by atoms with E-state index in [4.69, 9.17) is 10.8 Å². The fourth-order valence-electron chi connectivity index (χ4n) is 2.15. The lowest BCUT2D eigenvalue weighted by molar-refractivity contribution is 0.275. The van der Waals surface area contributed by atoms with E-state index in [0.717, 1.165) is 12.8 Å². The molecule has 0 unspecified atom stereocenters. The van der Waals surface area contributed by atoms with Crippen molar-refractivity contribution in [2.45, 2.75) is 25.3 Å². The van der Waals surface area contributed by atoms with E-state index in [-0.39, 0.29) is 12.1 Å². The van der Waals surface area contributed by atoms with Crippen molar-refractivity contribution in [2.75, 3.05) is 6.61 Å². The molecule has 2 heteroatoms. The van der Waals surface area contributed by atoms with Crippen molar-refractivity contribution in [3.63, 3.8) is 0 Å². The second-order valence-electron chi connectivity index (χ2n) is 4.32. The third-order valence-corrected chi connectivity index (χ3v) is 3.19. The average Bonchev–Trinajstić information content (AvgIpc) is 2.79. The van der Waals surface area contributed by atoms with E-state index in [1.54, 1.807) is 0 Å². The lowest BCUT2D eigenvalue weighted by Crippen LogP contribution is -2.22. The molecule has 0 bridgehead atoms. The van der Waals surface area contributed by atoms with Crippen LogP contribution in [0.4, 0.5) is 0 Å². The molecule has 0 spiro atoms. The highest BCUT2D eigenvalue weighted by atomic mass is 16.3. The fraction of sp³-hybridized carbons (Fsp3) is 0.500. The van der Waals surface area contributed by atoms with Crippen molar-refractivity contribution >= 4 is 0 Å². The minimum absolute atomic E-state index is 0.158. The number of rotatable bonds is 3. The Morgan fingerprint density at radius 2 is 2.36 bits per heavy atom. The maximum Gasteiger partial charge on any atom is 0.0443 e. The zero-order valence-electron chi connectivity index (χ0n) is 8.53. The second kappa shape index (κ2) is 3.37. The monoisotopic (exact) mass is 191 g/mol. The highest BCUT2D eigenvalue weighted by molar-refractivity contribution is 5.34. The molecule has 1 aliphatic rings. The van der Waals surface area contributed by atoms with Crippen LogP contribution in [0.25, 0.3) is 0 Å². The quantitative estimate of drug-likeness (QED) is 0.761. The number of hydrogen-bond acceptors (Lipinski definition) is 2. The van der Waals surface area contributed by atoms with Crippen molar-refractivity contribution in [3.8, 4) is 0 Å². The summed E-state index contributed by atoms with van der Waals surface area (Å²) in [6.07, 6.45) is 1.83. The summed E-state index contributed by atoms with van der Waals surface area (Å²) in [7, 11) is 0. The second-order valence-corrected chi connectivity index (χ2v) is 4.32. The molecule has 76 valence electrons. The summed E-state index contributed by atoms with van der Waals surface area (Å²) in [6.45, 7) is 2.33. The zero-order valence-corrected chi connectivity index (χ0v) is 8.53. The van der Waals surface area contributed by atoms with E-state index in [1.165, 1.54) is 11.1 Å². The van der Waals surface area contributed by atoms with Crippen LogP contribution in [0.2, 0.25) is 0 Å². The average molecular weight is 191 g/mol. The molecule has 0 radical (unpaired) electrons. The van der Waals surface area contributed by atoms with Gasteiger partial charge in [-0.1, -0.05) is 29.8 Å². The first-order chi connectivity index (χ1) is 6.66. The molecule has 0 aliphatic heterocycles. The Bertz CT molecular complexity index is 337. The highest BCUT2D eigenvalue weighted by Gasteiger charge is 2.51. The molecule has 2 nitrogen and oxygen atoms in total. The topological polar surface area (TPSA) is 46.2 Å². The van der Waals surface area contributed by atoms with E-state index in [0.29, 0.717) is 5.92 Å². The van der Waals surface area contributed by atoms with Gasteiger partial charge in [0, 0.05) is 12.1 Å². The molecule has 0 saturated heterocycles. The van der Waals surface area contributed by atoms with E-state index in [2.05, 4.69) is 25.1 Å². The molecule has 0 heterocycles. The molecule has 1 aromatic carbocycles. The maximum atomic E-state index is 8.85. The van der Waals surface area contributed by atoms with Crippen molar-refractivity contribution in [1.29, 1.82) is 0 Å². The molecule has 1 aliphatic carbocycles. The number of aliphatic hydroxyl groups is 1. The van der Waals surface area contributed by atoms with Crippen LogP contribution in [0.3, 0.4) is 0 Å². The number of hydrogen-bond donors (Lipinski definition) is 2. The molecule has 1 fully saturated rings. The summed E-state index contributed by atoms with van der Waals surface area (Å²) in [5, 5.41) is 8.85. The van der Waals surface area contributed by atoms with Gasteiger partial charge in [0.15, 0.2) is 0 Å². The van der Waals surface area contributed by atoms with Crippen LogP contribution in [0.5, 0.6) is 0 Å². The lowest BCUT2D eigenvalue weighted by Gasteiger charge is -2.12. The predicted octanol–water partition coefficient (Wildman–Crippen LogP) is 1.55. The largest absolute Gasteiger partial charge is 0.396 e. The number of aliphatic hydroxyl groups excluding tert-OH is 1. The van der Waals surface area contributed by atoms with Crippen molar-refractivity contribution in [3.05, 3.63) is 35.4 Å². The summed E-state index contributed by atoms with van der Waals surface area (Å²) < 4.78 is 0. The summed E-state index contributed by atoms with van der Waals surface area (Å²) in [5.41, 5.74) is 8.57. The summed E-state index contributed by atoms with van der Waals surface area (Å²) >= 11 is 0. The molecule has 2 atom stereocenters. The van der Waals surface area contributed by atoms with Crippen LogP contribution in [-0.4, -0.2) is 11.7 Å². The predicted molar refractivity (Wildman–Crippen MR) is 56.9 cm³/mol. The van der Waals surface area contributed by atoms with Gasteiger partial charge in [-0.05, 0) is 31.2 Å². The minimum Gasteiger partial charge on any atom is -0.396 e. The number of aryl methyl sites for hydroxylation is 1. The van der Waals surface area contributed by atoms with Gasteiger partial charge in [-0.3, -0.25) is 0 Å². The van der Waals surface area contributed by atoms with Gasteiger partial charge in [0.2, 0.25) is 0 Å². The molecule has 1 aromatic rings. The van der Waals surface area contributed by atoms with Crippen LogP contribution < -0.4 is 5.73 Å². The Balaban J connectivity index is 2.17. The van der Waals surface area contributed by atoms with Crippen LogP contribution in [0.15, 0.2) is 24.3 Å². The SMILES string of the molecule is Cc1cccc([C@]2(N)C[C@H]2CCO)c1. The minimum atomic E-state index is -0.158. The molecule has 0 aromatic heterocycles. The Labute approximate surface area is 84.7 Å². The Hall–Kier alpha value is -0.860. The van der Waals surface area contributed by atoms with Gasteiger partial charge in [0.05, 0.1) is 0 Å². The Morgan fingerprint density at radius 1 is 1.57 bits per heavy atom.